The van der Waals surface area contributed by atoms with Crippen LogP contribution in [0.2, 0.25) is 0 Å². The molecule has 1 unspecified atom stereocenters. The number of hydrogen-bond acceptors (Lipinski definition) is 4. The fourth-order valence-corrected chi connectivity index (χ4v) is 5.44. The van der Waals surface area contributed by atoms with Crippen molar-refractivity contribution in [2.45, 2.75) is 56.5 Å². The zero-order valence-corrected chi connectivity index (χ0v) is 17.8. The Morgan fingerprint density at radius 3 is 2.31 bits per heavy atom. The third-order valence-electron chi connectivity index (χ3n) is 6.03. The number of nitrogens with zero attached hydrogens (tertiary/aromatic N) is 2. The van der Waals surface area contributed by atoms with Gasteiger partial charge in [0, 0.05) is 24.7 Å². The molecule has 0 bridgehead atoms. The highest BCUT2D eigenvalue weighted by molar-refractivity contribution is 7.89. The lowest BCUT2D eigenvalue weighted by atomic mass is 10.0. The van der Waals surface area contributed by atoms with Gasteiger partial charge in [-0.15, -0.1) is 0 Å². The number of hydrogen-bond donors (Lipinski definition) is 0. The summed E-state index contributed by atoms with van der Waals surface area (Å²) in [6.07, 6.45) is 5.35. The van der Waals surface area contributed by atoms with Crippen molar-refractivity contribution in [1.82, 2.24) is 9.21 Å². The molecule has 156 valence electrons. The predicted octanol–water partition coefficient (Wildman–Crippen LogP) is 4.07. The van der Waals surface area contributed by atoms with Crippen LogP contribution in [0.5, 0.6) is 0 Å². The topological polar surface area (TPSA) is 70.8 Å². The van der Waals surface area contributed by atoms with Gasteiger partial charge in [0.2, 0.25) is 10.0 Å². The van der Waals surface area contributed by atoms with Gasteiger partial charge in [0.25, 0.3) is 5.91 Å². The zero-order valence-electron chi connectivity index (χ0n) is 17.0. The van der Waals surface area contributed by atoms with E-state index >= 15 is 0 Å². The van der Waals surface area contributed by atoms with Crippen molar-refractivity contribution in [1.29, 1.82) is 0 Å². The van der Waals surface area contributed by atoms with Gasteiger partial charge in [-0.3, -0.25) is 4.79 Å². The van der Waals surface area contributed by atoms with Crippen molar-refractivity contribution in [3.8, 4) is 0 Å². The Bertz CT molecular complexity index is 941. The standard InChI is InChI=1S/C22H28N2O4S/c1-16-11-13-23(14-12-16)29(26,27)20-9-5-18(6-10-20)22(25)24(19-7-8-19)17(2)21-4-3-15-28-21/h3-6,9-10,15-17,19H,7-8,11-14H2,1-2H3. The number of piperidine rings is 1. The Labute approximate surface area is 172 Å². The second-order valence-corrected chi connectivity index (χ2v) is 10.2. The molecule has 1 amide bonds. The van der Waals surface area contributed by atoms with Gasteiger partial charge in [0.1, 0.15) is 5.76 Å². The molecular weight excluding hydrogens is 388 g/mol. The van der Waals surface area contributed by atoms with Crippen LogP contribution in [0.25, 0.3) is 0 Å². The Hall–Kier alpha value is -2.12. The molecule has 2 fully saturated rings. The first-order valence-electron chi connectivity index (χ1n) is 10.3. The van der Waals surface area contributed by atoms with Crippen molar-refractivity contribution in [2.75, 3.05) is 13.1 Å². The largest absolute Gasteiger partial charge is 0.467 e. The molecule has 0 N–H and O–H groups in total. The first-order chi connectivity index (χ1) is 13.9. The van der Waals surface area contributed by atoms with Crippen LogP contribution in [0.4, 0.5) is 0 Å². The van der Waals surface area contributed by atoms with E-state index in [1.807, 2.05) is 24.0 Å². The van der Waals surface area contributed by atoms with Crippen molar-refractivity contribution in [3.05, 3.63) is 54.0 Å². The second kappa shape index (κ2) is 7.95. The summed E-state index contributed by atoms with van der Waals surface area (Å²) in [6, 6.07) is 10.1. The molecule has 7 heteroatoms. The van der Waals surface area contributed by atoms with Crippen LogP contribution < -0.4 is 0 Å². The van der Waals surface area contributed by atoms with Crippen LogP contribution >= 0.6 is 0 Å². The van der Waals surface area contributed by atoms with E-state index in [0.29, 0.717) is 24.6 Å². The summed E-state index contributed by atoms with van der Waals surface area (Å²) in [5.41, 5.74) is 0.501. The van der Waals surface area contributed by atoms with E-state index in [0.717, 1.165) is 31.4 Å². The molecule has 1 aliphatic carbocycles. The molecule has 2 heterocycles. The Balaban J connectivity index is 1.53. The van der Waals surface area contributed by atoms with E-state index in [1.165, 1.54) is 0 Å². The minimum atomic E-state index is -3.51. The van der Waals surface area contributed by atoms with Gasteiger partial charge in [0.15, 0.2) is 0 Å². The molecule has 29 heavy (non-hydrogen) atoms. The monoisotopic (exact) mass is 416 g/mol. The molecule has 0 radical (unpaired) electrons. The lowest BCUT2D eigenvalue weighted by molar-refractivity contribution is 0.0652. The molecule has 4 rings (SSSR count). The zero-order chi connectivity index (χ0) is 20.6. The summed E-state index contributed by atoms with van der Waals surface area (Å²) in [7, 11) is -3.51. The molecular formula is C22H28N2O4S. The predicted molar refractivity (Wildman–Crippen MR) is 110 cm³/mol. The van der Waals surface area contributed by atoms with E-state index in [4.69, 9.17) is 4.42 Å². The second-order valence-electron chi connectivity index (χ2n) is 8.25. The highest BCUT2D eigenvalue weighted by Crippen LogP contribution is 2.36. The number of amides is 1. The summed E-state index contributed by atoms with van der Waals surface area (Å²) in [6.45, 7) is 5.23. The van der Waals surface area contributed by atoms with Gasteiger partial charge in [-0.1, -0.05) is 6.92 Å². The molecule has 0 spiro atoms. The number of sulfonamides is 1. The highest BCUT2D eigenvalue weighted by Gasteiger charge is 2.37. The van der Waals surface area contributed by atoms with E-state index < -0.39 is 10.0 Å². The maximum atomic E-state index is 13.2. The van der Waals surface area contributed by atoms with Crippen LogP contribution in [0.1, 0.15) is 61.7 Å². The van der Waals surface area contributed by atoms with E-state index in [2.05, 4.69) is 6.92 Å². The molecule has 1 saturated heterocycles. The van der Waals surface area contributed by atoms with Crippen LogP contribution in [-0.2, 0) is 10.0 Å². The van der Waals surface area contributed by atoms with Crippen LogP contribution in [0.3, 0.4) is 0 Å². The average molecular weight is 417 g/mol. The number of benzene rings is 1. The number of carbonyl (C=O) groups excluding carboxylic acids is 1. The number of furan rings is 1. The minimum absolute atomic E-state index is 0.0906. The molecule has 2 aliphatic rings. The van der Waals surface area contributed by atoms with Crippen molar-refractivity contribution in [2.24, 2.45) is 5.92 Å². The smallest absolute Gasteiger partial charge is 0.254 e. The van der Waals surface area contributed by atoms with Gasteiger partial charge < -0.3 is 9.32 Å². The maximum absolute atomic E-state index is 13.2. The number of carbonyl (C=O) groups is 1. The number of rotatable bonds is 6. The Kier molecular flexibility index (Phi) is 5.53. The summed E-state index contributed by atoms with van der Waals surface area (Å²) in [4.78, 5) is 15.3. The third kappa shape index (κ3) is 4.12. The third-order valence-corrected chi connectivity index (χ3v) is 7.94. The molecule has 2 aromatic rings. The van der Waals surface area contributed by atoms with E-state index in [-0.39, 0.29) is 22.9 Å². The molecule has 1 aliphatic heterocycles. The first-order valence-corrected chi connectivity index (χ1v) is 11.8. The molecule has 6 nitrogen and oxygen atoms in total. The minimum Gasteiger partial charge on any atom is -0.467 e. The summed E-state index contributed by atoms with van der Waals surface area (Å²) in [5, 5.41) is 0. The van der Waals surface area contributed by atoms with Gasteiger partial charge in [0.05, 0.1) is 17.2 Å². The lowest BCUT2D eigenvalue weighted by Crippen LogP contribution is -2.38. The summed E-state index contributed by atoms with van der Waals surface area (Å²) in [5.74, 6) is 1.22. The van der Waals surface area contributed by atoms with Gasteiger partial charge in [-0.05, 0) is 74.9 Å². The fourth-order valence-electron chi connectivity index (χ4n) is 3.97. The Morgan fingerprint density at radius 2 is 1.76 bits per heavy atom. The van der Waals surface area contributed by atoms with E-state index in [9.17, 15) is 13.2 Å². The molecule has 1 aromatic carbocycles. The normalized spacial score (nSPS) is 19.8. The van der Waals surface area contributed by atoms with Crippen molar-refractivity contribution in [3.63, 3.8) is 0 Å². The van der Waals surface area contributed by atoms with Crippen LogP contribution in [0.15, 0.2) is 52.0 Å². The van der Waals surface area contributed by atoms with E-state index in [1.54, 1.807) is 34.8 Å². The molecule has 1 saturated carbocycles. The molecule has 1 aromatic heterocycles. The van der Waals surface area contributed by atoms with Crippen molar-refractivity contribution >= 4 is 15.9 Å². The Morgan fingerprint density at radius 1 is 1.10 bits per heavy atom. The quantitative estimate of drug-likeness (QED) is 0.712. The van der Waals surface area contributed by atoms with Crippen molar-refractivity contribution < 1.29 is 17.6 Å². The van der Waals surface area contributed by atoms with Crippen LogP contribution in [0, 0.1) is 5.92 Å². The highest BCUT2D eigenvalue weighted by atomic mass is 32.2. The maximum Gasteiger partial charge on any atom is 0.254 e. The molecule has 1 atom stereocenters. The summed E-state index contributed by atoms with van der Waals surface area (Å²) >= 11 is 0. The first kappa shape index (κ1) is 20.2. The lowest BCUT2D eigenvalue weighted by Gasteiger charge is -2.30. The van der Waals surface area contributed by atoms with Gasteiger partial charge in [-0.2, -0.15) is 4.31 Å². The van der Waals surface area contributed by atoms with Crippen LogP contribution in [-0.4, -0.2) is 42.7 Å². The fraction of sp³-hybridized carbons (Fsp3) is 0.500. The average Bonchev–Trinajstić information content (AvgIpc) is 3.39. The summed E-state index contributed by atoms with van der Waals surface area (Å²) < 4.78 is 32.9. The van der Waals surface area contributed by atoms with Gasteiger partial charge >= 0.3 is 0 Å². The van der Waals surface area contributed by atoms with Gasteiger partial charge in [-0.25, -0.2) is 8.42 Å². The SMILES string of the molecule is CC1CCN(S(=O)(=O)c2ccc(C(=O)N(C3CC3)C(C)c3ccco3)cc2)CC1.